The summed E-state index contributed by atoms with van der Waals surface area (Å²) in [5.74, 6) is -0.979. The van der Waals surface area contributed by atoms with Gasteiger partial charge >= 0.3 is 5.97 Å². The van der Waals surface area contributed by atoms with Gasteiger partial charge in [-0.05, 0) is 36.8 Å². The molecule has 1 aromatic heterocycles. The van der Waals surface area contributed by atoms with Crippen molar-refractivity contribution in [3.05, 3.63) is 81.8 Å². The molecule has 3 rings (SSSR count). The van der Waals surface area contributed by atoms with Gasteiger partial charge < -0.3 is 10.2 Å². The number of rotatable bonds is 4. The molecule has 0 atom stereocenters. The summed E-state index contributed by atoms with van der Waals surface area (Å²) in [5, 5.41) is 15.9. The van der Waals surface area contributed by atoms with Crippen molar-refractivity contribution < 1.29 is 15.0 Å². The van der Waals surface area contributed by atoms with Crippen LogP contribution in [0.4, 0.5) is 5.69 Å². The van der Waals surface area contributed by atoms with Crippen molar-refractivity contribution in [1.29, 1.82) is 0 Å². The highest BCUT2D eigenvalue weighted by molar-refractivity contribution is 5.89. The summed E-state index contributed by atoms with van der Waals surface area (Å²) in [6, 6.07) is 15.7. The van der Waals surface area contributed by atoms with Gasteiger partial charge in [-0.3, -0.25) is 9.48 Å². The van der Waals surface area contributed by atoms with E-state index < -0.39 is 5.97 Å². The number of nitrogens with zero attached hydrogens (tertiary/aromatic N) is 3. The van der Waals surface area contributed by atoms with Crippen LogP contribution >= 0.6 is 0 Å². The van der Waals surface area contributed by atoms with Gasteiger partial charge in [-0.2, -0.15) is 0 Å². The quantitative estimate of drug-likeness (QED) is 0.693. The second-order valence-electron chi connectivity index (χ2n) is 5.60. The highest BCUT2D eigenvalue weighted by Crippen LogP contribution is 2.16. The number of carboxylic acid groups (broad SMARTS) is 1. The first-order valence-corrected chi connectivity index (χ1v) is 8.15. The lowest BCUT2D eigenvalue weighted by molar-refractivity contribution is 0.0697. The van der Waals surface area contributed by atoms with Crippen LogP contribution in [-0.2, 0) is 7.05 Å². The van der Waals surface area contributed by atoms with E-state index >= 15 is 0 Å². The van der Waals surface area contributed by atoms with Crippen molar-refractivity contribution >= 4 is 17.9 Å². The molecule has 0 spiro atoms. The topological polar surface area (TPSA) is 96.8 Å². The lowest BCUT2D eigenvalue weighted by atomic mass is 10.1. The van der Waals surface area contributed by atoms with Crippen LogP contribution in [0.3, 0.4) is 0 Å². The van der Waals surface area contributed by atoms with Gasteiger partial charge in [0.1, 0.15) is 0 Å². The average Bonchev–Trinajstić information content (AvgIpc) is 2.91. The second kappa shape index (κ2) is 8.77. The summed E-state index contributed by atoms with van der Waals surface area (Å²) >= 11 is 0. The van der Waals surface area contributed by atoms with Crippen LogP contribution < -0.4 is 5.56 Å². The van der Waals surface area contributed by atoms with Crippen molar-refractivity contribution in [3.63, 3.8) is 0 Å². The molecule has 140 valence electrons. The molecule has 7 nitrogen and oxygen atoms in total. The van der Waals surface area contributed by atoms with Crippen LogP contribution in [-0.4, -0.2) is 38.9 Å². The molecule has 2 N–H and O–H groups in total. The molecule has 0 aliphatic carbocycles. The number of para-hydroxylation sites is 1. The molecule has 0 fully saturated rings. The summed E-state index contributed by atoms with van der Waals surface area (Å²) in [5.41, 5.74) is 2.59. The first-order chi connectivity index (χ1) is 13.0. The summed E-state index contributed by atoms with van der Waals surface area (Å²) < 4.78 is 3.33. The molecule has 2 aromatic carbocycles. The highest BCUT2D eigenvalue weighted by atomic mass is 16.4. The fourth-order valence-electron chi connectivity index (χ4n) is 2.55. The highest BCUT2D eigenvalue weighted by Gasteiger charge is 2.14. The zero-order chi connectivity index (χ0) is 20.0. The SMILES string of the molecule is CO.Cc1c(N=Cc2ccc(C(=O)O)cc2)c(=O)n(-c2ccccc2)n1C. The first-order valence-electron chi connectivity index (χ1n) is 8.15. The Balaban J connectivity index is 0.00000126. The van der Waals surface area contributed by atoms with Gasteiger partial charge in [0.25, 0.3) is 5.56 Å². The van der Waals surface area contributed by atoms with Crippen molar-refractivity contribution in [1.82, 2.24) is 9.36 Å². The van der Waals surface area contributed by atoms with Gasteiger partial charge in [0.05, 0.1) is 16.9 Å². The van der Waals surface area contributed by atoms with Crippen LogP contribution in [0.2, 0.25) is 0 Å². The molecule has 0 bridgehead atoms. The first kappa shape index (κ1) is 19.9. The molecule has 0 saturated heterocycles. The molecule has 0 aliphatic heterocycles. The largest absolute Gasteiger partial charge is 0.478 e. The molecule has 0 amide bonds. The summed E-state index contributed by atoms with van der Waals surface area (Å²) in [7, 11) is 2.81. The molecule has 1 heterocycles. The number of carbonyl (C=O) groups is 1. The number of aliphatic hydroxyl groups excluding tert-OH is 1. The molecule has 7 heteroatoms. The van der Waals surface area contributed by atoms with E-state index in [-0.39, 0.29) is 11.1 Å². The van der Waals surface area contributed by atoms with Crippen LogP contribution in [0.15, 0.2) is 64.4 Å². The fourth-order valence-corrected chi connectivity index (χ4v) is 2.55. The summed E-state index contributed by atoms with van der Waals surface area (Å²) in [6.07, 6.45) is 1.56. The van der Waals surface area contributed by atoms with Crippen molar-refractivity contribution in [2.75, 3.05) is 7.11 Å². The zero-order valence-corrected chi connectivity index (χ0v) is 15.3. The fraction of sp³-hybridized carbons (Fsp3) is 0.150. The Labute approximate surface area is 156 Å². The Morgan fingerprint density at radius 2 is 1.63 bits per heavy atom. The van der Waals surface area contributed by atoms with E-state index in [1.165, 1.54) is 12.1 Å². The zero-order valence-electron chi connectivity index (χ0n) is 15.3. The maximum absolute atomic E-state index is 12.7. The van der Waals surface area contributed by atoms with E-state index in [1.54, 1.807) is 27.7 Å². The molecule has 0 saturated carbocycles. The van der Waals surface area contributed by atoms with E-state index in [4.69, 9.17) is 10.2 Å². The number of hydrogen-bond donors (Lipinski definition) is 2. The number of aliphatic imine (C=N–C) groups is 1. The number of aliphatic hydroxyl groups is 1. The summed E-state index contributed by atoms with van der Waals surface area (Å²) in [6.45, 7) is 1.83. The minimum Gasteiger partial charge on any atom is -0.478 e. The van der Waals surface area contributed by atoms with Gasteiger partial charge in [-0.15, -0.1) is 0 Å². The normalized spacial score (nSPS) is 10.5. The standard InChI is InChI=1S/C19H17N3O3.CH4O/c1-13-17(20-12-14-8-10-15(11-9-14)19(24)25)18(23)22(21(13)2)16-6-4-3-5-7-16;1-2/h3-12H,1-2H3,(H,24,25);2H,1H3. The van der Waals surface area contributed by atoms with E-state index in [0.29, 0.717) is 5.69 Å². The minimum atomic E-state index is -0.979. The lowest BCUT2D eigenvalue weighted by Crippen LogP contribution is -2.19. The van der Waals surface area contributed by atoms with Crippen LogP contribution in [0.5, 0.6) is 0 Å². The van der Waals surface area contributed by atoms with E-state index in [0.717, 1.165) is 24.1 Å². The van der Waals surface area contributed by atoms with Crippen LogP contribution in [0.25, 0.3) is 5.69 Å². The van der Waals surface area contributed by atoms with Gasteiger partial charge in [0, 0.05) is 20.4 Å². The molecular formula is C20H21N3O4. The van der Waals surface area contributed by atoms with E-state index in [2.05, 4.69) is 4.99 Å². The van der Waals surface area contributed by atoms with Crippen molar-refractivity contribution in [3.8, 4) is 5.69 Å². The Morgan fingerprint density at radius 1 is 1.04 bits per heavy atom. The average molecular weight is 367 g/mol. The van der Waals surface area contributed by atoms with E-state index in [9.17, 15) is 9.59 Å². The summed E-state index contributed by atoms with van der Waals surface area (Å²) in [4.78, 5) is 27.9. The second-order valence-corrected chi connectivity index (χ2v) is 5.60. The minimum absolute atomic E-state index is 0.204. The van der Waals surface area contributed by atoms with Gasteiger partial charge in [0.15, 0.2) is 5.69 Å². The molecule has 27 heavy (non-hydrogen) atoms. The maximum Gasteiger partial charge on any atom is 0.335 e. The van der Waals surface area contributed by atoms with Gasteiger partial charge in [-0.1, -0.05) is 30.3 Å². The molecule has 0 aliphatic rings. The third kappa shape index (κ3) is 4.21. The van der Waals surface area contributed by atoms with Crippen LogP contribution in [0, 0.1) is 6.92 Å². The predicted molar refractivity (Wildman–Crippen MR) is 105 cm³/mol. The Hall–Kier alpha value is -3.45. The Kier molecular flexibility index (Phi) is 6.46. The third-order valence-electron chi connectivity index (χ3n) is 4.02. The smallest absolute Gasteiger partial charge is 0.335 e. The van der Waals surface area contributed by atoms with Gasteiger partial charge in [-0.25, -0.2) is 14.5 Å². The number of benzene rings is 2. The maximum atomic E-state index is 12.7. The number of aromatic nitrogens is 2. The Bertz CT molecular complexity index is 1000. The third-order valence-corrected chi connectivity index (χ3v) is 4.02. The van der Waals surface area contributed by atoms with Crippen molar-refractivity contribution in [2.24, 2.45) is 12.0 Å². The van der Waals surface area contributed by atoms with Crippen LogP contribution in [0.1, 0.15) is 21.6 Å². The molecule has 0 radical (unpaired) electrons. The number of hydrogen-bond acceptors (Lipinski definition) is 4. The van der Waals surface area contributed by atoms with Gasteiger partial charge in [0.2, 0.25) is 0 Å². The van der Waals surface area contributed by atoms with Crippen molar-refractivity contribution in [2.45, 2.75) is 6.92 Å². The Morgan fingerprint density at radius 3 is 2.19 bits per heavy atom. The monoisotopic (exact) mass is 367 g/mol. The van der Waals surface area contributed by atoms with E-state index in [1.807, 2.05) is 44.3 Å². The molecular weight excluding hydrogens is 346 g/mol. The molecule has 0 unspecified atom stereocenters. The predicted octanol–water partition coefficient (Wildman–Crippen LogP) is 2.54. The number of carboxylic acids is 1. The number of aromatic carboxylic acids is 1. The molecule has 3 aromatic rings. The lowest BCUT2D eigenvalue weighted by Gasteiger charge is -2.07.